The molecule has 1 aliphatic heterocycles. The lowest BCUT2D eigenvalue weighted by molar-refractivity contribution is -0.120. The summed E-state index contributed by atoms with van der Waals surface area (Å²) in [6.07, 6.45) is 1.39. The zero-order valence-electron chi connectivity index (χ0n) is 15.9. The van der Waals surface area contributed by atoms with Crippen LogP contribution in [0.2, 0.25) is 0 Å². The lowest BCUT2D eigenvalue weighted by atomic mass is 9.95. The average Bonchev–Trinajstić information content (AvgIpc) is 3.19. The van der Waals surface area contributed by atoms with Crippen molar-refractivity contribution in [2.45, 2.75) is 43.7 Å². The van der Waals surface area contributed by atoms with Gasteiger partial charge in [0.15, 0.2) is 0 Å². The van der Waals surface area contributed by atoms with Crippen molar-refractivity contribution in [1.29, 1.82) is 0 Å². The summed E-state index contributed by atoms with van der Waals surface area (Å²) in [7, 11) is -3.52. The molecule has 1 aromatic heterocycles. The third-order valence-corrected chi connectivity index (χ3v) is 8.26. The number of piperidine rings is 1. The number of nitrogens with zero attached hydrogens (tertiary/aromatic N) is 1. The van der Waals surface area contributed by atoms with Crippen LogP contribution >= 0.6 is 11.3 Å². The van der Waals surface area contributed by atoms with Crippen molar-refractivity contribution in [3.63, 3.8) is 0 Å². The number of rotatable bonds is 5. The average molecular weight is 407 g/mol. The summed E-state index contributed by atoms with van der Waals surface area (Å²) in [5, 5.41) is 4.84. The Labute approximate surface area is 165 Å². The van der Waals surface area contributed by atoms with Crippen molar-refractivity contribution >= 4 is 33.0 Å². The van der Waals surface area contributed by atoms with E-state index in [1.165, 1.54) is 15.6 Å². The fourth-order valence-electron chi connectivity index (χ4n) is 3.48. The quantitative estimate of drug-likeness (QED) is 0.808. The first-order valence-electron chi connectivity index (χ1n) is 9.24. The number of carbonyl (C=O) groups is 1. The predicted molar refractivity (Wildman–Crippen MR) is 110 cm³/mol. The second kappa shape index (κ2) is 8.12. The summed E-state index contributed by atoms with van der Waals surface area (Å²) in [5.41, 5.74) is 2.98. The third-order valence-electron chi connectivity index (χ3n) is 5.02. The van der Waals surface area contributed by atoms with Crippen molar-refractivity contribution in [2.24, 2.45) is 5.92 Å². The Balaban J connectivity index is 1.77. The molecule has 3 rings (SSSR count). The Morgan fingerprint density at radius 3 is 2.70 bits per heavy atom. The summed E-state index contributed by atoms with van der Waals surface area (Å²) in [5.74, 6) is -0.146. The van der Waals surface area contributed by atoms with Crippen LogP contribution in [0.5, 0.6) is 0 Å². The fraction of sp³-hybridized carbons (Fsp3) is 0.450. The van der Waals surface area contributed by atoms with Crippen LogP contribution in [-0.2, 0) is 14.8 Å². The molecule has 0 saturated carbocycles. The number of hydrogen-bond acceptors (Lipinski definition) is 4. The number of anilines is 1. The van der Waals surface area contributed by atoms with Gasteiger partial charge in [-0.15, -0.1) is 11.3 Å². The van der Waals surface area contributed by atoms with Gasteiger partial charge in [0.2, 0.25) is 5.91 Å². The second-order valence-electron chi connectivity index (χ2n) is 7.32. The van der Waals surface area contributed by atoms with Crippen LogP contribution in [0.1, 0.15) is 43.7 Å². The summed E-state index contributed by atoms with van der Waals surface area (Å²) in [6, 6.07) is 9.36. The summed E-state index contributed by atoms with van der Waals surface area (Å²) in [6.45, 7) is 6.87. The Morgan fingerprint density at radius 1 is 1.26 bits per heavy atom. The molecule has 5 nitrogen and oxygen atoms in total. The maximum absolute atomic E-state index is 12.9. The van der Waals surface area contributed by atoms with E-state index in [0.717, 1.165) is 16.8 Å². The van der Waals surface area contributed by atoms with Gasteiger partial charge in [0.25, 0.3) is 10.0 Å². The molecule has 0 spiro atoms. The van der Waals surface area contributed by atoms with Gasteiger partial charge in [0, 0.05) is 18.8 Å². The molecule has 1 N–H and O–H groups in total. The molecule has 0 bridgehead atoms. The molecule has 0 unspecified atom stereocenters. The van der Waals surface area contributed by atoms with E-state index in [2.05, 4.69) is 19.2 Å². The number of nitrogens with one attached hydrogen (secondary N) is 1. The fourth-order valence-corrected chi connectivity index (χ4v) is 6.15. The van der Waals surface area contributed by atoms with Gasteiger partial charge in [-0.05, 0) is 48.3 Å². The highest BCUT2D eigenvalue weighted by molar-refractivity contribution is 7.91. The smallest absolute Gasteiger partial charge is 0.252 e. The molecule has 0 aliphatic carbocycles. The second-order valence-corrected chi connectivity index (χ2v) is 10.4. The van der Waals surface area contributed by atoms with E-state index >= 15 is 0 Å². The molecule has 2 heterocycles. The lowest BCUT2D eigenvalue weighted by Crippen LogP contribution is -2.43. The molecule has 27 heavy (non-hydrogen) atoms. The molecule has 1 saturated heterocycles. The van der Waals surface area contributed by atoms with Gasteiger partial charge in [-0.25, -0.2) is 8.42 Å². The normalized spacial score (nSPS) is 18.6. The molecule has 146 valence electrons. The van der Waals surface area contributed by atoms with Crippen LogP contribution in [-0.4, -0.2) is 31.7 Å². The molecule has 1 aliphatic rings. The number of aryl methyl sites for hydroxylation is 1. The Kier molecular flexibility index (Phi) is 6.03. The minimum Gasteiger partial charge on any atom is -0.325 e. The first-order chi connectivity index (χ1) is 12.8. The van der Waals surface area contributed by atoms with Crippen LogP contribution < -0.4 is 5.32 Å². The molecule has 1 aromatic carbocycles. The Morgan fingerprint density at radius 2 is 2.04 bits per heavy atom. The summed E-state index contributed by atoms with van der Waals surface area (Å²) >= 11 is 1.21. The van der Waals surface area contributed by atoms with Crippen LogP contribution in [0.3, 0.4) is 0 Å². The van der Waals surface area contributed by atoms with Gasteiger partial charge in [-0.3, -0.25) is 4.79 Å². The highest BCUT2D eigenvalue weighted by Crippen LogP contribution is 2.30. The first-order valence-corrected chi connectivity index (χ1v) is 11.6. The van der Waals surface area contributed by atoms with Gasteiger partial charge in [-0.1, -0.05) is 38.1 Å². The molecule has 1 atom stereocenters. The number of thiophene rings is 1. The van der Waals surface area contributed by atoms with E-state index in [4.69, 9.17) is 0 Å². The predicted octanol–water partition coefficient (Wildman–Crippen LogP) is 4.22. The van der Waals surface area contributed by atoms with Crippen LogP contribution in [0.15, 0.2) is 39.9 Å². The highest BCUT2D eigenvalue weighted by Gasteiger charge is 2.34. The van der Waals surface area contributed by atoms with Crippen molar-refractivity contribution in [3.8, 4) is 0 Å². The third kappa shape index (κ3) is 4.25. The SMILES string of the molecule is Cc1cccc(C(C)C)c1NC(=O)[C@@H]1CCCN(S(=O)(=O)c2cccs2)C1. The summed E-state index contributed by atoms with van der Waals surface area (Å²) < 4.78 is 27.3. The lowest BCUT2D eigenvalue weighted by Gasteiger charge is -2.31. The first kappa shape index (κ1) is 20.0. The standard InChI is InChI=1S/C20H26N2O3S2/c1-14(2)17-9-4-7-15(3)19(17)21-20(23)16-8-5-11-22(13-16)27(24,25)18-10-6-12-26-18/h4,6-7,9-10,12,14,16H,5,8,11,13H2,1-3H3,(H,21,23)/t16-/m1/s1. The van der Waals surface area contributed by atoms with E-state index < -0.39 is 10.0 Å². The zero-order valence-corrected chi connectivity index (χ0v) is 17.6. The largest absolute Gasteiger partial charge is 0.325 e. The maximum atomic E-state index is 12.9. The molecule has 2 aromatic rings. The van der Waals surface area contributed by atoms with E-state index in [1.807, 2.05) is 25.1 Å². The highest BCUT2D eigenvalue weighted by atomic mass is 32.2. The number of sulfonamides is 1. The molecule has 0 radical (unpaired) electrons. The molecule has 1 amide bonds. The van der Waals surface area contributed by atoms with E-state index in [-0.39, 0.29) is 18.4 Å². The van der Waals surface area contributed by atoms with Crippen LogP contribution in [0, 0.1) is 12.8 Å². The van der Waals surface area contributed by atoms with E-state index in [0.29, 0.717) is 29.5 Å². The van der Waals surface area contributed by atoms with E-state index in [9.17, 15) is 13.2 Å². The van der Waals surface area contributed by atoms with Crippen molar-refractivity contribution in [1.82, 2.24) is 4.31 Å². The van der Waals surface area contributed by atoms with Crippen LogP contribution in [0.4, 0.5) is 5.69 Å². The minimum absolute atomic E-state index is 0.0997. The molecule has 1 fully saturated rings. The topological polar surface area (TPSA) is 66.5 Å². The van der Waals surface area contributed by atoms with Gasteiger partial charge in [0.05, 0.1) is 5.92 Å². The summed E-state index contributed by atoms with van der Waals surface area (Å²) in [4.78, 5) is 12.9. The van der Waals surface area contributed by atoms with Crippen molar-refractivity contribution in [2.75, 3.05) is 18.4 Å². The number of hydrogen-bond donors (Lipinski definition) is 1. The van der Waals surface area contributed by atoms with Gasteiger partial charge < -0.3 is 5.32 Å². The molecule has 7 heteroatoms. The maximum Gasteiger partial charge on any atom is 0.252 e. The van der Waals surface area contributed by atoms with E-state index in [1.54, 1.807) is 17.5 Å². The van der Waals surface area contributed by atoms with Crippen LogP contribution in [0.25, 0.3) is 0 Å². The number of benzene rings is 1. The zero-order chi connectivity index (χ0) is 19.6. The van der Waals surface area contributed by atoms with Gasteiger partial charge in [0.1, 0.15) is 4.21 Å². The minimum atomic E-state index is -3.52. The Hall–Kier alpha value is -1.70. The van der Waals surface area contributed by atoms with Crippen molar-refractivity contribution in [3.05, 3.63) is 46.8 Å². The van der Waals surface area contributed by atoms with Crippen molar-refractivity contribution < 1.29 is 13.2 Å². The Bertz CT molecular complexity index is 905. The monoisotopic (exact) mass is 406 g/mol. The van der Waals surface area contributed by atoms with Gasteiger partial charge >= 0.3 is 0 Å². The number of amides is 1. The molecular weight excluding hydrogens is 380 g/mol. The van der Waals surface area contributed by atoms with Gasteiger partial charge in [-0.2, -0.15) is 4.31 Å². The number of carbonyl (C=O) groups excluding carboxylic acids is 1. The molecular formula is C20H26N2O3S2. The number of para-hydroxylation sites is 1.